The largest absolute Gasteiger partial charge is 0.475 e. The lowest BCUT2D eigenvalue weighted by Crippen LogP contribution is -2.16. The zero-order valence-electron chi connectivity index (χ0n) is 5.73. The van der Waals surface area contributed by atoms with Crippen LogP contribution in [0.1, 0.15) is 13.8 Å². The highest BCUT2D eigenvalue weighted by Crippen LogP contribution is 1.98. The zero-order valence-corrected chi connectivity index (χ0v) is 8.18. The number of hydrogen-bond donors (Lipinski definition) is 0. The van der Waals surface area contributed by atoms with E-state index in [0.717, 1.165) is 0 Å². The Morgan fingerprint density at radius 2 is 1.80 bits per heavy atom. The molecule has 0 atom stereocenters. The zero-order chi connectivity index (χ0) is 7.49. The SMILES string of the molecule is CC(C)S(=O)(=O)C[S+]=O.Cl. The van der Waals surface area contributed by atoms with Gasteiger partial charge in [0.05, 0.1) is 5.25 Å². The first-order chi connectivity index (χ1) is 4.00. The van der Waals surface area contributed by atoms with E-state index in [-0.39, 0.29) is 29.2 Å². The van der Waals surface area contributed by atoms with Crippen molar-refractivity contribution in [3.05, 3.63) is 0 Å². The molecule has 0 rings (SSSR count). The average Bonchev–Trinajstić information content (AvgIpc) is 1.65. The Balaban J connectivity index is 0. The van der Waals surface area contributed by atoms with E-state index < -0.39 is 15.1 Å². The van der Waals surface area contributed by atoms with E-state index in [2.05, 4.69) is 0 Å². The molecule has 0 unspecified atom stereocenters. The molecule has 6 heteroatoms. The molecule has 0 aliphatic rings. The molecule has 0 aromatic heterocycles. The van der Waals surface area contributed by atoms with Crippen molar-refractivity contribution in [3.8, 4) is 0 Å². The van der Waals surface area contributed by atoms with Gasteiger partial charge in [0.1, 0.15) is 0 Å². The number of sulfone groups is 1. The smallest absolute Gasteiger partial charge is 0.223 e. The van der Waals surface area contributed by atoms with Gasteiger partial charge in [-0.25, -0.2) is 8.42 Å². The summed E-state index contributed by atoms with van der Waals surface area (Å²) >= 11 is 0.0989. The minimum Gasteiger partial charge on any atom is -0.223 e. The molecule has 0 spiro atoms. The van der Waals surface area contributed by atoms with Crippen LogP contribution in [0.25, 0.3) is 0 Å². The van der Waals surface area contributed by atoms with E-state index in [9.17, 15) is 12.6 Å². The first-order valence-electron chi connectivity index (χ1n) is 2.47. The summed E-state index contributed by atoms with van der Waals surface area (Å²) in [5.74, 6) is 0. The van der Waals surface area contributed by atoms with Gasteiger partial charge in [-0.2, -0.15) is 0 Å². The molecule has 62 valence electrons. The Hall–Kier alpha value is 0.260. The van der Waals surface area contributed by atoms with Crippen molar-refractivity contribution in [2.75, 3.05) is 5.08 Å². The third-order valence-electron chi connectivity index (χ3n) is 0.931. The molecule has 0 bridgehead atoms. The number of halogens is 1. The molecule has 0 radical (unpaired) electrons. The van der Waals surface area contributed by atoms with Gasteiger partial charge in [-0.15, -0.1) is 12.4 Å². The van der Waals surface area contributed by atoms with Crippen LogP contribution in [0.5, 0.6) is 0 Å². The minimum atomic E-state index is -3.10. The molecule has 0 heterocycles. The summed E-state index contributed by atoms with van der Waals surface area (Å²) in [6, 6.07) is 0. The lowest BCUT2D eigenvalue weighted by molar-refractivity contribution is 0.589. The van der Waals surface area contributed by atoms with Crippen molar-refractivity contribution in [1.82, 2.24) is 0 Å². The van der Waals surface area contributed by atoms with Crippen LogP contribution in [0.3, 0.4) is 0 Å². The molecule has 0 saturated carbocycles. The topological polar surface area (TPSA) is 51.2 Å². The maximum absolute atomic E-state index is 10.7. The maximum Gasteiger partial charge on any atom is 0.475 e. The van der Waals surface area contributed by atoms with Crippen molar-refractivity contribution < 1.29 is 12.6 Å². The standard InChI is InChI=1S/C4H9O3S2.ClH/c1-4(2)9(6,7)3-8-5;/h4H,3H2,1-2H3;1H/q+1;. The molecule has 0 aromatic carbocycles. The predicted molar refractivity (Wildman–Crippen MR) is 44.2 cm³/mol. The highest BCUT2D eigenvalue weighted by molar-refractivity contribution is 8.00. The molecule has 0 aliphatic carbocycles. The predicted octanol–water partition coefficient (Wildman–Crippen LogP) is 0.617. The summed E-state index contributed by atoms with van der Waals surface area (Å²) < 4.78 is 31.2. The van der Waals surface area contributed by atoms with Gasteiger partial charge in [-0.1, -0.05) is 0 Å². The second-order valence-corrected chi connectivity index (χ2v) is 5.39. The Labute approximate surface area is 71.0 Å². The van der Waals surface area contributed by atoms with Gasteiger partial charge in [0.2, 0.25) is 9.84 Å². The van der Waals surface area contributed by atoms with Crippen LogP contribution < -0.4 is 0 Å². The highest BCUT2D eigenvalue weighted by Gasteiger charge is 2.22. The van der Waals surface area contributed by atoms with E-state index in [1.54, 1.807) is 13.8 Å². The lowest BCUT2D eigenvalue weighted by atomic mass is 10.6. The van der Waals surface area contributed by atoms with Crippen molar-refractivity contribution in [3.63, 3.8) is 0 Å². The molecule has 0 amide bonds. The van der Waals surface area contributed by atoms with Crippen molar-refractivity contribution in [2.24, 2.45) is 0 Å². The van der Waals surface area contributed by atoms with Crippen LogP contribution in [-0.2, 0) is 25.7 Å². The summed E-state index contributed by atoms with van der Waals surface area (Å²) in [5, 5.41) is -0.746. The van der Waals surface area contributed by atoms with Gasteiger partial charge in [0, 0.05) is 4.21 Å². The van der Waals surface area contributed by atoms with Crippen LogP contribution in [0.15, 0.2) is 0 Å². The van der Waals surface area contributed by atoms with Crippen molar-refractivity contribution in [2.45, 2.75) is 19.1 Å². The molecule has 0 aliphatic heterocycles. The average molecular weight is 206 g/mol. The van der Waals surface area contributed by atoms with Crippen LogP contribution in [0.2, 0.25) is 0 Å². The van der Waals surface area contributed by atoms with Gasteiger partial charge in [-0.3, -0.25) is 0 Å². The van der Waals surface area contributed by atoms with Crippen molar-refractivity contribution in [1.29, 1.82) is 0 Å². The van der Waals surface area contributed by atoms with E-state index in [0.29, 0.717) is 0 Å². The fraction of sp³-hybridized carbons (Fsp3) is 1.00. The summed E-state index contributed by atoms with van der Waals surface area (Å²) in [4.78, 5) is 0. The summed E-state index contributed by atoms with van der Waals surface area (Å²) in [5.41, 5.74) is 0. The van der Waals surface area contributed by atoms with Gasteiger partial charge < -0.3 is 0 Å². The van der Waals surface area contributed by atoms with Crippen LogP contribution >= 0.6 is 12.4 Å². The Morgan fingerprint density at radius 3 is 1.90 bits per heavy atom. The van der Waals surface area contributed by atoms with Gasteiger partial charge in [0.25, 0.3) is 0 Å². The van der Waals surface area contributed by atoms with E-state index >= 15 is 0 Å². The molecule has 0 fully saturated rings. The Morgan fingerprint density at radius 1 is 1.40 bits per heavy atom. The van der Waals surface area contributed by atoms with E-state index in [4.69, 9.17) is 0 Å². The molecular formula is C4H10ClO3S2+. The fourth-order valence-corrected chi connectivity index (χ4v) is 1.83. The van der Waals surface area contributed by atoms with Crippen molar-refractivity contribution >= 4 is 33.9 Å². The summed E-state index contributed by atoms with van der Waals surface area (Å²) in [6.07, 6.45) is 0. The molecule has 10 heavy (non-hydrogen) atoms. The van der Waals surface area contributed by atoms with Crippen LogP contribution in [0.4, 0.5) is 0 Å². The Bertz CT molecular complexity index is 185. The number of hydrogen-bond acceptors (Lipinski definition) is 3. The van der Waals surface area contributed by atoms with E-state index in [1.165, 1.54) is 0 Å². The second kappa shape index (κ2) is 4.98. The second-order valence-electron chi connectivity index (χ2n) is 1.95. The summed E-state index contributed by atoms with van der Waals surface area (Å²) in [6.45, 7) is 3.12. The first kappa shape index (κ1) is 12.9. The van der Waals surface area contributed by atoms with Gasteiger partial charge >= 0.3 is 16.8 Å². The normalized spacial score (nSPS) is 10.7. The van der Waals surface area contributed by atoms with Crippen LogP contribution in [-0.4, -0.2) is 18.8 Å². The van der Waals surface area contributed by atoms with E-state index in [1.807, 2.05) is 0 Å². The third kappa shape index (κ3) is 4.14. The van der Waals surface area contributed by atoms with Gasteiger partial charge in [-0.05, 0) is 13.8 Å². The molecule has 0 saturated heterocycles. The maximum atomic E-state index is 10.7. The Kier molecular flexibility index (Phi) is 6.43. The van der Waals surface area contributed by atoms with Gasteiger partial charge in [0.15, 0.2) is 0 Å². The first-order valence-corrected chi connectivity index (χ1v) is 5.09. The lowest BCUT2D eigenvalue weighted by Gasteiger charge is -1.95. The molecule has 0 aromatic rings. The van der Waals surface area contributed by atoms with Crippen LogP contribution in [0, 0.1) is 0 Å². The summed E-state index contributed by atoms with van der Waals surface area (Å²) in [7, 11) is -3.10. The third-order valence-corrected chi connectivity index (χ3v) is 4.07. The minimum absolute atomic E-state index is 0. The molecular weight excluding hydrogens is 196 g/mol. The quantitative estimate of drug-likeness (QED) is 0.635. The monoisotopic (exact) mass is 205 g/mol. The highest BCUT2D eigenvalue weighted by atomic mass is 35.5. The fourth-order valence-electron chi connectivity index (χ4n) is 0.203. The molecule has 3 nitrogen and oxygen atoms in total. The number of rotatable bonds is 3. The molecule has 0 N–H and O–H groups in total.